The van der Waals surface area contributed by atoms with Crippen LogP contribution in [0.4, 0.5) is 0 Å². The number of sulfonamides is 1. The molecule has 0 aliphatic carbocycles. The number of aromatic nitrogens is 1. The molecule has 25 heavy (non-hydrogen) atoms. The third kappa shape index (κ3) is 3.23. The van der Waals surface area contributed by atoms with Gasteiger partial charge in [-0.3, -0.25) is 0 Å². The fourth-order valence-corrected chi connectivity index (χ4v) is 4.02. The molecule has 0 N–H and O–H groups in total. The van der Waals surface area contributed by atoms with Crippen LogP contribution in [0, 0.1) is 0 Å². The summed E-state index contributed by atoms with van der Waals surface area (Å²) in [6, 6.07) is 13.5. The molecule has 2 heterocycles. The molecule has 1 aliphatic heterocycles. The van der Waals surface area contributed by atoms with E-state index in [4.69, 9.17) is 13.9 Å². The highest BCUT2D eigenvalue weighted by atomic mass is 32.2. The largest absolute Gasteiger partial charge is 0.411 e. The van der Waals surface area contributed by atoms with E-state index in [9.17, 15) is 8.42 Å². The van der Waals surface area contributed by atoms with Gasteiger partial charge in [-0.05, 0) is 36.4 Å². The maximum Gasteiger partial charge on any atom is 0.400 e. The Balaban J connectivity index is 1.53. The molecule has 0 saturated carbocycles. The number of hydrogen-bond donors (Lipinski definition) is 0. The number of para-hydroxylation sites is 2. The molecule has 0 atom stereocenters. The quantitative estimate of drug-likeness (QED) is 0.711. The van der Waals surface area contributed by atoms with Crippen molar-refractivity contribution in [1.82, 2.24) is 9.29 Å². The Labute approximate surface area is 144 Å². The van der Waals surface area contributed by atoms with Crippen LogP contribution < -0.4 is 4.74 Å². The van der Waals surface area contributed by atoms with Crippen LogP contribution in [-0.4, -0.2) is 44.0 Å². The first-order valence-corrected chi connectivity index (χ1v) is 9.28. The van der Waals surface area contributed by atoms with Crippen LogP contribution in [0.15, 0.2) is 57.8 Å². The monoisotopic (exact) mass is 360 g/mol. The molecule has 0 radical (unpaired) electrons. The summed E-state index contributed by atoms with van der Waals surface area (Å²) >= 11 is 0. The van der Waals surface area contributed by atoms with Gasteiger partial charge in [-0.25, -0.2) is 8.42 Å². The van der Waals surface area contributed by atoms with Crippen molar-refractivity contribution in [2.75, 3.05) is 26.3 Å². The summed E-state index contributed by atoms with van der Waals surface area (Å²) in [5.41, 5.74) is 1.33. The molecule has 1 aromatic heterocycles. The van der Waals surface area contributed by atoms with Gasteiger partial charge in [0.25, 0.3) is 0 Å². The van der Waals surface area contributed by atoms with E-state index in [1.54, 1.807) is 18.2 Å². The number of benzene rings is 2. The van der Waals surface area contributed by atoms with Crippen molar-refractivity contribution < 1.29 is 22.3 Å². The van der Waals surface area contributed by atoms with Crippen LogP contribution >= 0.6 is 0 Å². The van der Waals surface area contributed by atoms with Gasteiger partial charge in [-0.15, -0.1) is 0 Å². The lowest BCUT2D eigenvalue weighted by Gasteiger charge is -2.26. The van der Waals surface area contributed by atoms with Gasteiger partial charge in [0, 0.05) is 13.1 Å². The first kappa shape index (κ1) is 16.1. The lowest BCUT2D eigenvalue weighted by Crippen LogP contribution is -2.40. The molecule has 0 amide bonds. The predicted molar refractivity (Wildman–Crippen MR) is 90.1 cm³/mol. The van der Waals surface area contributed by atoms with Gasteiger partial charge in [0.2, 0.25) is 10.0 Å². The Morgan fingerprint density at radius 2 is 1.72 bits per heavy atom. The lowest BCUT2D eigenvalue weighted by molar-refractivity contribution is 0.0730. The number of ether oxygens (including phenoxy) is 2. The summed E-state index contributed by atoms with van der Waals surface area (Å²) in [4.78, 5) is 4.44. The second-order valence-corrected chi connectivity index (χ2v) is 7.48. The molecular weight excluding hydrogens is 344 g/mol. The van der Waals surface area contributed by atoms with E-state index in [0.717, 1.165) is 0 Å². The Bertz CT molecular complexity index is 943. The Morgan fingerprint density at radius 1 is 1.00 bits per heavy atom. The number of hydrogen-bond acceptors (Lipinski definition) is 6. The van der Waals surface area contributed by atoms with E-state index in [-0.39, 0.29) is 11.0 Å². The Hall–Kier alpha value is -2.42. The molecule has 8 heteroatoms. The number of morpholine rings is 1. The standard InChI is InChI=1S/C17H16N2O5S/c20-25(21,19-9-11-22-12-10-19)14-7-5-13(6-8-14)23-17-18-15-3-1-2-4-16(15)24-17/h1-8H,9-12H2. The molecule has 4 rings (SSSR count). The molecule has 1 fully saturated rings. The van der Waals surface area contributed by atoms with Crippen LogP contribution in [0.5, 0.6) is 11.8 Å². The zero-order chi connectivity index (χ0) is 17.3. The van der Waals surface area contributed by atoms with Crippen molar-refractivity contribution in [3.8, 4) is 11.8 Å². The van der Waals surface area contributed by atoms with Gasteiger partial charge in [0.1, 0.15) is 11.3 Å². The Kier molecular flexibility index (Phi) is 4.16. The minimum Gasteiger partial charge on any atom is -0.411 e. The third-order valence-corrected chi connectivity index (χ3v) is 5.82. The summed E-state index contributed by atoms with van der Waals surface area (Å²) in [6.07, 6.45) is 0.116. The molecule has 3 aromatic rings. The zero-order valence-electron chi connectivity index (χ0n) is 13.3. The topological polar surface area (TPSA) is 81.9 Å². The number of rotatable bonds is 4. The van der Waals surface area contributed by atoms with Crippen LogP contribution in [0.25, 0.3) is 11.1 Å². The first-order chi connectivity index (χ1) is 12.1. The maximum atomic E-state index is 12.6. The summed E-state index contributed by atoms with van der Waals surface area (Å²) < 4.78 is 42.8. The molecular formula is C17H16N2O5S. The van der Waals surface area contributed by atoms with E-state index >= 15 is 0 Å². The minimum atomic E-state index is -3.51. The van der Waals surface area contributed by atoms with Gasteiger partial charge >= 0.3 is 6.08 Å². The maximum absolute atomic E-state index is 12.6. The minimum absolute atomic E-state index is 0.116. The van der Waals surface area contributed by atoms with Crippen molar-refractivity contribution in [2.24, 2.45) is 0 Å². The van der Waals surface area contributed by atoms with Crippen LogP contribution in [0.3, 0.4) is 0 Å². The normalized spacial score (nSPS) is 16.2. The number of nitrogens with zero attached hydrogens (tertiary/aromatic N) is 2. The first-order valence-electron chi connectivity index (χ1n) is 7.84. The highest BCUT2D eigenvalue weighted by Gasteiger charge is 2.26. The molecule has 130 valence electrons. The van der Waals surface area contributed by atoms with Crippen LogP contribution in [-0.2, 0) is 14.8 Å². The average Bonchev–Trinajstić information content (AvgIpc) is 3.05. The second kappa shape index (κ2) is 6.47. The van der Waals surface area contributed by atoms with Crippen LogP contribution in [0.2, 0.25) is 0 Å². The lowest BCUT2D eigenvalue weighted by atomic mass is 10.3. The summed E-state index contributed by atoms with van der Waals surface area (Å²) in [6.45, 7) is 1.56. The third-order valence-electron chi connectivity index (χ3n) is 3.91. The molecule has 2 aromatic carbocycles. The Morgan fingerprint density at radius 3 is 2.44 bits per heavy atom. The fourth-order valence-electron chi connectivity index (χ4n) is 2.61. The highest BCUT2D eigenvalue weighted by Crippen LogP contribution is 2.26. The van der Waals surface area contributed by atoms with E-state index in [0.29, 0.717) is 43.2 Å². The molecule has 1 saturated heterocycles. The highest BCUT2D eigenvalue weighted by molar-refractivity contribution is 7.89. The van der Waals surface area contributed by atoms with Gasteiger partial charge < -0.3 is 13.9 Å². The molecule has 1 aliphatic rings. The van der Waals surface area contributed by atoms with Crippen molar-refractivity contribution in [3.05, 3.63) is 48.5 Å². The van der Waals surface area contributed by atoms with Gasteiger partial charge in [-0.2, -0.15) is 9.29 Å². The van der Waals surface area contributed by atoms with Gasteiger partial charge in [0.15, 0.2) is 5.58 Å². The summed E-state index contributed by atoms with van der Waals surface area (Å²) in [5.74, 6) is 0.451. The predicted octanol–water partition coefficient (Wildman–Crippen LogP) is 2.64. The van der Waals surface area contributed by atoms with Crippen molar-refractivity contribution >= 4 is 21.1 Å². The van der Waals surface area contributed by atoms with Crippen molar-refractivity contribution in [2.45, 2.75) is 4.90 Å². The van der Waals surface area contributed by atoms with E-state index < -0.39 is 10.0 Å². The smallest absolute Gasteiger partial charge is 0.400 e. The molecule has 0 spiro atoms. The average molecular weight is 360 g/mol. The van der Waals surface area contributed by atoms with Crippen molar-refractivity contribution in [1.29, 1.82) is 0 Å². The van der Waals surface area contributed by atoms with E-state index in [1.165, 1.54) is 16.4 Å². The summed E-state index contributed by atoms with van der Waals surface area (Å²) in [5, 5.41) is 0. The van der Waals surface area contributed by atoms with Gasteiger partial charge in [-0.1, -0.05) is 12.1 Å². The second-order valence-electron chi connectivity index (χ2n) is 5.54. The van der Waals surface area contributed by atoms with Crippen molar-refractivity contribution in [3.63, 3.8) is 0 Å². The number of fused-ring (bicyclic) bond motifs is 1. The molecule has 0 bridgehead atoms. The number of oxazole rings is 1. The zero-order valence-corrected chi connectivity index (χ0v) is 14.1. The van der Waals surface area contributed by atoms with E-state index in [1.807, 2.05) is 18.2 Å². The van der Waals surface area contributed by atoms with Gasteiger partial charge in [0.05, 0.1) is 18.1 Å². The fraction of sp³-hybridized carbons (Fsp3) is 0.235. The summed E-state index contributed by atoms with van der Waals surface area (Å²) in [7, 11) is -3.51. The van der Waals surface area contributed by atoms with E-state index in [2.05, 4.69) is 4.98 Å². The van der Waals surface area contributed by atoms with Crippen LogP contribution in [0.1, 0.15) is 0 Å². The SMILES string of the molecule is O=S(=O)(c1ccc(Oc2nc3ccccc3o2)cc1)N1CCOCC1. The molecule has 0 unspecified atom stereocenters. The molecule has 7 nitrogen and oxygen atoms in total.